The Morgan fingerprint density at radius 1 is 1.38 bits per heavy atom. The predicted molar refractivity (Wildman–Crippen MR) is 117 cm³/mol. The number of piperidine rings is 1. The van der Waals surface area contributed by atoms with Crippen LogP contribution in [0.15, 0.2) is 59.5 Å². The van der Waals surface area contributed by atoms with Gasteiger partial charge in [0.2, 0.25) is 0 Å². The molecular weight excluding hydrogens is 384 g/mol. The molecule has 0 bridgehead atoms. The Bertz CT molecular complexity index is 897. The molecule has 3 rings (SSSR count). The first kappa shape index (κ1) is 21.1. The van der Waals surface area contributed by atoms with Gasteiger partial charge in [-0.25, -0.2) is 4.98 Å². The van der Waals surface area contributed by atoms with E-state index < -0.39 is 5.60 Å². The minimum atomic E-state index is -0.879. The monoisotopic (exact) mass is 410 g/mol. The first-order chi connectivity index (χ1) is 14.0. The van der Waals surface area contributed by atoms with Crippen molar-refractivity contribution in [1.82, 2.24) is 14.9 Å². The van der Waals surface area contributed by atoms with E-state index in [1.807, 2.05) is 24.3 Å². The lowest BCUT2D eigenvalue weighted by Crippen LogP contribution is -2.47. The van der Waals surface area contributed by atoms with Gasteiger partial charge in [0.1, 0.15) is 5.69 Å². The first-order valence-corrected chi connectivity index (χ1v) is 10.6. The molecule has 1 fully saturated rings. The molecule has 0 radical (unpaired) electrons. The highest BCUT2D eigenvalue weighted by Gasteiger charge is 2.35. The second-order valence-corrected chi connectivity index (χ2v) is 7.99. The second kappa shape index (κ2) is 9.71. The van der Waals surface area contributed by atoms with Crippen LogP contribution in [0.5, 0.6) is 0 Å². The quantitative estimate of drug-likeness (QED) is 0.697. The maximum absolute atomic E-state index is 13.0. The number of hydrogen-bond acceptors (Lipinski definition) is 6. The molecule has 0 unspecified atom stereocenters. The zero-order valence-corrected chi connectivity index (χ0v) is 17.4. The van der Waals surface area contributed by atoms with E-state index in [1.165, 1.54) is 11.3 Å². The van der Waals surface area contributed by atoms with Crippen LogP contribution in [0.25, 0.3) is 10.4 Å². The van der Waals surface area contributed by atoms with Gasteiger partial charge in [-0.1, -0.05) is 19.6 Å². The van der Waals surface area contributed by atoms with Gasteiger partial charge in [0.05, 0.1) is 16.0 Å². The van der Waals surface area contributed by atoms with Crippen molar-refractivity contribution in [2.45, 2.75) is 38.2 Å². The molecule has 0 aliphatic carbocycles. The molecule has 29 heavy (non-hydrogen) atoms. The van der Waals surface area contributed by atoms with Crippen LogP contribution in [-0.2, 0) is 0 Å². The number of amides is 1. The molecule has 0 aromatic carbocycles. The number of thiazole rings is 1. The van der Waals surface area contributed by atoms with Gasteiger partial charge >= 0.3 is 0 Å². The van der Waals surface area contributed by atoms with Crippen LogP contribution in [0.4, 0.5) is 0 Å². The van der Waals surface area contributed by atoms with E-state index in [1.54, 1.807) is 29.0 Å². The van der Waals surface area contributed by atoms with Gasteiger partial charge in [-0.3, -0.25) is 14.8 Å². The van der Waals surface area contributed by atoms with E-state index in [9.17, 15) is 9.90 Å². The molecule has 0 spiro atoms. The van der Waals surface area contributed by atoms with Crippen molar-refractivity contribution in [2.24, 2.45) is 4.99 Å². The number of aromatic nitrogens is 2. The molecule has 2 aromatic heterocycles. The zero-order valence-electron chi connectivity index (χ0n) is 16.6. The third-order valence-electron chi connectivity index (χ3n) is 4.94. The summed E-state index contributed by atoms with van der Waals surface area (Å²) in [6.07, 6.45) is 11.4. The van der Waals surface area contributed by atoms with Gasteiger partial charge < -0.3 is 10.0 Å². The van der Waals surface area contributed by atoms with Crippen molar-refractivity contribution in [3.05, 3.63) is 60.2 Å². The number of allylic oxidation sites excluding steroid dienone is 2. The van der Waals surface area contributed by atoms with E-state index in [4.69, 9.17) is 0 Å². The molecule has 1 amide bonds. The van der Waals surface area contributed by atoms with Crippen LogP contribution < -0.4 is 0 Å². The SMILES string of the molecule is C=C(CC1(O)CCN(C(=O)c2ncsc2-c2ccncc2)CC1)N=C/C=C\CC. The van der Waals surface area contributed by atoms with Crippen molar-refractivity contribution in [3.8, 4) is 10.4 Å². The van der Waals surface area contributed by atoms with Crippen LogP contribution in [0.2, 0.25) is 0 Å². The minimum absolute atomic E-state index is 0.0957. The summed E-state index contributed by atoms with van der Waals surface area (Å²) in [6, 6.07) is 3.75. The molecule has 2 aromatic rings. The van der Waals surface area contributed by atoms with Gasteiger partial charge in [-0.05, 0) is 43.0 Å². The number of carbonyl (C=O) groups excluding carboxylic acids is 1. The largest absolute Gasteiger partial charge is 0.389 e. The molecule has 7 heteroatoms. The van der Waals surface area contributed by atoms with E-state index in [2.05, 4.69) is 28.5 Å². The summed E-state index contributed by atoms with van der Waals surface area (Å²) in [6.45, 7) is 6.97. The molecule has 1 N–H and O–H groups in total. The Morgan fingerprint density at radius 2 is 2.10 bits per heavy atom. The number of likely N-dealkylation sites (tertiary alicyclic amines) is 1. The van der Waals surface area contributed by atoms with Crippen molar-refractivity contribution in [2.75, 3.05) is 13.1 Å². The van der Waals surface area contributed by atoms with Gasteiger partial charge in [-0.15, -0.1) is 11.3 Å². The summed E-state index contributed by atoms with van der Waals surface area (Å²) in [4.78, 5) is 28.2. The molecule has 152 valence electrons. The lowest BCUT2D eigenvalue weighted by molar-refractivity contribution is -0.0163. The van der Waals surface area contributed by atoms with Gasteiger partial charge in [-0.2, -0.15) is 0 Å². The minimum Gasteiger partial charge on any atom is -0.389 e. The number of pyridine rings is 1. The summed E-state index contributed by atoms with van der Waals surface area (Å²) < 4.78 is 0. The zero-order chi connectivity index (χ0) is 20.7. The Balaban J connectivity index is 1.60. The molecule has 1 saturated heterocycles. The maximum Gasteiger partial charge on any atom is 0.273 e. The smallest absolute Gasteiger partial charge is 0.273 e. The van der Waals surface area contributed by atoms with Crippen molar-refractivity contribution >= 4 is 23.5 Å². The van der Waals surface area contributed by atoms with Crippen LogP contribution in [0, 0.1) is 0 Å². The molecule has 3 heterocycles. The lowest BCUT2D eigenvalue weighted by atomic mass is 9.87. The van der Waals surface area contributed by atoms with E-state index in [-0.39, 0.29) is 5.91 Å². The number of carbonyl (C=O) groups is 1. The normalized spacial score (nSPS) is 16.6. The Kier molecular flexibility index (Phi) is 7.06. The van der Waals surface area contributed by atoms with E-state index in [0.717, 1.165) is 16.9 Å². The van der Waals surface area contributed by atoms with Gasteiger partial charge in [0, 0.05) is 43.8 Å². The third kappa shape index (κ3) is 5.46. The average Bonchev–Trinajstić information content (AvgIpc) is 3.21. The topological polar surface area (TPSA) is 78.7 Å². The standard InChI is InChI=1S/C22H26N4O2S/c1-3-4-5-10-24-17(2)15-22(28)8-13-26(14-9-22)21(27)19-20(29-16-25-19)18-6-11-23-12-7-18/h4-7,10-12,16,28H,2-3,8-9,13-15H2,1H3/b5-4-,24-10?. The molecule has 0 saturated carbocycles. The predicted octanol–water partition coefficient (Wildman–Crippen LogP) is 4.11. The molecule has 1 aliphatic rings. The number of hydrogen-bond donors (Lipinski definition) is 1. The fourth-order valence-corrected chi connectivity index (χ4v) is 4.12. The summed E-state index contributed by atoms with van der Waals surface area (Å²) in [5, 5.41) is 10.9. The van der Waals surface area contributed by atoms with Gasteiger partial charge in [0.25, 0.3) is 5.91 Å². The number of aliphatic imine (C=N–C) groups is 1. The second-order valence-electron chi connectivity index (χ2n) is 7.14. The van der Waals surface area contributed by atoms with Crippen molar-refractivity contribution in [1.29, 1.82) is 0 Å². The highest BCUT2D eigenvalue weighted by molar-refractivity contribution is 7.13. The van der Waals surface area contributed by atoms with Crippen LogP contribution >= 0.6 is 11.3 Å². The summed E-state index contributed by atoms with van der Waals surface area (Å²) >= 11 is 1.45. The fourth-order valence-electron chi connectivity index (χ4n) is 3.33. The average molecular weight is 411 g/mol. The highest BCUT2D eigenvalue weighted by Crippen LogP contribution is 2.32. The molecular formula is C22H26N4O2S. The number of rotatable bonds is 7. The molecule has 1 aliphatic heterocycles. The van der Waals surface area contributed by atoms with Gasteiger partial charge in [0.15, 0.2) is 0 Å². The number of nitrogens with zero attached hydrogens (tertiary/aromatic N) is 4. The van der Waals surface area contributed by atoms with Crippen molar-refractivity contribution < 1.29 is 9.90 Å². The van der Waals surface area contributed by atoms with Crippen LogP contribution in [0.1, 0.15) is 43.1 Å². The Morgan fingerprint density at radius 3 is 2.79 bits per heavy atom. The molecule has 0 atom stereocenters. The van der Waals surface area contributed by atoms with E-state index >= 15 is 0 Å². The third-order valence-corrected chi connectivity index (χ3v) is 5.82. The summed E-state index contributed by atoms with van der Waals surface area (Å²) in [5.74, 6) is -0.0957. The maximum atomic E-state index is 13.0. The summed E-state index contributed by atoms with van der Waals surface area (Å²) in [7, 11) is 0. The Hall–Kier alpha value is -2.64. The van der Waals surface area contributed by atoms with Crippen molar-refractivity contribution in [3.63, 3.8) is 0 Å². The van der Waals surface area contributed by atoms with E-state index in [0.29, 0.717) is 43.7 Å². The lowest BCUT2D eigenvalue weighted by Gasteiger charge is -2.38. The van der Waals surface area contributed by atoms with Crippen LogP contribution in [-0.4, -0.2) is 50.8 Å². The fraction of sp³-hybridized carbons (Fsp3) is 0.364. The molecule has 6 nitrogen and oxygen atoms in total. The first-order valence-electron chi connectivity index (χ1n) is 9.75. The Labute approximate surface area is 175 Å². The summed E-state index contributed by atoms with van der Waals surface area (Å²) in [5.41, 5.74) is 2.86. The van der Waals surface area contributed by atoms with Crippen LogP contribution in [0.3, 0.4) is 0 Å². The highest BCUT2D eigenvalue weighted by atomic mass is 32.1. The number of aliphatic hydroxyl groups is 1.